The van der Waals surface area contributed by atoms with Crippen LogP contribution in [-0.4, -0.2) is 16.7 Å². The van der Waals surface area contributed by atoms with Gasteiger partial charge >= 0.3 is 11.7 Å². The molecular formula is C14H10FNO5S. The molecule has 0 saturated heterocycles. The summed E-state index contributed by atoms with van der Waals surface area (Å²) in [6.07, 6.45) is -0.327. The van der Waals surface area contributed by atoms with Crippen molar-refractivity contribution in [3.8, 4) is 5.75 Å². The van der Waals surface area contributed by atoms with E-state index in [0.717, 1.165) is 18.2 Å². The molecule has 6 nitrogen and oxygen atoms in total. The number of halogens is 1. The second kappa shape index (κ2) is 6.90. The molecule has 0 aliphatic rings. The third-order valence-electron chi connectivity index (χ3n) is 2.69. The number of ketones is 1. The molecule has 0 saturated carbocycles. The van der Waals surface area contributed by atoms with Crippen molar-refractivity contribution < 1.29 is 23.6 Å². The standard InChI is InChI=1S/C14H10FNO5S/c15-9-3-4-10(16(19)20)12(8-9)21-14(18)6-5-11(17)13-2-1-7-22-13/h1-4,7-8H,5-6H2. The Balaban J connectivity index is 1.99. The van der Waals surface area contributed by atoms with Crippen molar-refractivity contribution in [2.75, 3.05) is 0 Å². The molecule has 0 aliphatic heterocycles. The fourth-order valence-corrected chi connectivity index (χ4v) is 2.36. The van der Waals surface area contributed by atoms with Crippen molar-refractivity contribution in [2.45, 2.75) is 12.8 Å². The molecule has 8 heteroatoms. The Kier molecular flexibility index (Phi) is 4.95. The number of carbonyl (C=O) groups is 2. The number of nitro groups is 1. The molecule has 0 fully saturated rings. The molecule has 22 heavy (non-hydrogen) atoms. The molecule has 2 rings (SSSR count). The minimum Gasteiger partial charge on any atom is -0.419 e. The van der Waals surface area contributed by atoms with Gasteiger partial charge in [-0.2, -0.15) is 0 Å². The maximum atomic E-state index is 13.1. The number of carbonyl (C=O) groups excluding carboxylic acids is 2. The second-order valence-electron chi connectivity index (χ2n) is 4.24. The van der Waals surface area contributed by atoms with Crippen LogP contribution in [0.5, 0.6) is 5.75 Å². The van der Waals surface area contributed by atoms with Gasteiger partial charge in [0.15, 0.2) is 5.78 Å². The third kappa shape index (κ3) is 3.95. The second-order valence-corrected chi connectivity index (χ2v) is 5.19. The molecule has 1 heterocycles. The van der Waals surface area contributed by atoms with Crippen molar-refractivity contribution in [3.63, 3.8) is 0 Å². The molecule has 0 unspecified atom stereocenters. The van der Waals surface area contributed by atoms with E-state index in [0.29, 0.717) is 4.88 Å². The van der Waals surface area contributed by atoms with Crippen LogP contribution in [0.4, 0.5) is 10.1 Å². The quantitative estimate of drug-likeness (QED) is 0.267. The molecule has 114 valence electrons. The van der Waals surface area contributed by atoms with E-state index < -0.39 is 28.1 Å². The monoisotopic (exact) mass is 323 g/mol. The molecule has 0 bridgehead atoms. The Morgan fingerprint density at radius 1 is 1.27 bits per heavy atom. The number of nitro benzene ring substituents is 1. The highest BCUT2D eigenvalue weighted by atomic mass is 32.1. The summed E-state index contributed by atoms with van der Waals surface area (Å²) in [4.78, 5) is 33.9. The highest BCUT2D eigenvalue weighted by molar-refractivity contribution is 7.12. The Hall–Kier alpha value is -2.61. The van der Waals surface area contributed by atoms with Crippen LogP contribution in [0, 0.1) is 15.9 Å². The van der Waals surface area contributed by atoms with Gasteiger partial charge in [-0.3, -0.25) is 19.7 Å². The van der Waals surface area contributed by atoms with Crippen molar-refractivity contribution >= 4 is 28.8 Å². The van der Waals surface area contributed by atoms with Gasteiger partial charge in [0.05, 0.1) is 16.2 Å². The number of rotatable bonds is 6. The van der Waals surface area contributed by atoms with Crippen LogP contribution in [0.1, 0.15) is 22.5 Å². The van der Waals surface area contributed by atoms with E-state index in [1.54, 1.807) is 17.5 Å². The SMILES string of the molecule is O=C(CCC(=O)c1cccs1)Oc1cc(F)ccc1[N+](=O)[O-]. The lowest BCUT2D eigenvalue weighted by molar-refractivity contribution is -0.385. The first-order valence-corrected chi connectivity index (χ1v) is 7.06. The maximum absolute atomic E-state index is 13.1. The van der Waals surface area contributed by atoms with E-state index in [2.05, 4.69) is 0 Å². The summed E-state index contributed by atoms with van der Waals surface area (Å²) in [7, 11) is 0. The van der Waals surface area contributed by atoms with Crippen LogP contribution in [0.3, 0.4) is 0 Å². The van der Waals surface area contributed by atoms with Gasteiger partial charge in [-0.05, 0) is 17.5 Å². The Morgan fingerprint density at radius 2 is 2.05 bits per heavy atom. The van der Waals surface area contributed by atoms with E-state index in [-0.39, 0.29) is 18.6 Å². The lowest BCUT2D eigenvalue weighted by Crippen LogP contribution is -2.11. The highest BCUT2D eigenvalue weighted by Gasteiger charge is 2.19. The average Bonchev–Trinajstić information content (AvgIpc) is 2.98. The zero-order chi connectivity index (χ0) is 16.1. The lowest BCUT2D eigenvalue weighted by atomic mass is 10.2. The number of benzene rings is 1. The molecule has 0 atom stereocenters. The minimum absolute atomic E-state index is 0.0809. The number of nitrogens with zero attached hydrogens (tertiary/aromatic N) is 1. The smallest absolute Gasteiger partial charge is 0.311 e. The van der Waals surface area contributed by atoms with E-state index in [4.69, 9.17) is 4.74 Å². The number of ether oxygens (including phenoxy) is 1. The number of Topliss-reactive ketones (excluding diaryl/α,β-unsaturated/α-hetero) is 1. The number of hydrogen-bond donors (Lipinski definition) is 0. The van der Waals surface area contributed by atoms with Crippen molar-refractivity contribution in [1.29, 1.82) is 0 Å². The molecular weight excluding hydrogens is 313 g/mol. The zero-order valence-electron chi connectivity index (χ0n) is 11.2. The van der Waals surface area contributed by atoms with Crippen LogP contribution in [0.25, 0.3) is 0 Å². The van der Waals surface area contributed by atoms with E-state index in [1.807, 2.05) is 0 Å². The summed E-state index contributed by atoms with van der Waals surface area (Å²) in [6.45, 7) is 0. The van der Waals surface area contributed by atoms with Gasteiger partial charge in [0.25, 0.3) is 0 Å². The van der Waals surface area contributed by atoms with Gasteiger partial charge in [-0.15, -0.1) is 11.3 Å². The third-order valence-corrected chi connectivity index (χ3v) is 3.61. The van der Waals surface area contributed by atoms with Crippen molar-refractivity contribution in [3.05, 3.63) is 56.5 Å². The van der Waals surface area contributed by atoms with Gasteiger partial charge < -0.3 is 4.74 Å². The maximum Gasteiger partial charge on any atom is 0.311 e. The number of thiophene rings is 1. The van der Waals surface area contributed by atoms with Gasteiger partial charge in [0, 0.05) is 18.6 Å². The summed E-state index contributed by atoms with van der Waals surface area (Å²) in [5.41, 5.74) is -0.515. The molecule has 0 spiro atoms. The van der Waals surface area contributed by atoms with Crippen LogP contribution >= 0.6 is 11.3 Å². The van der Waals surface area contributed by atoms with E-state index in [9.17, 15) is 24.1 Å². The molecule has 1 aromatic heterocycles. The van der Waals surface area contributed by atoms with E-state index >= 15 is 0 Å². The first kappa shape index (κ1) is 15.8. The summed E-state index contributed by atoms with van der Waals surface area (Å²) >= 11 is 1.25. The summed E-state index contributed by atoms with van der Waals surface area (Å²) in [5, 5.41) is 12.5. The molecule has 0 N–H and O–H groups in total. The number of esters is 1. The van der Waals surface area contributed by atoms with Crippen LogP contribution < -0.4 is 4.74 Å². The summed E-state index contributed by atoms with van der Waals surface area (Å²) < 4.78 is 17.9. The molecule has 0 amide bonds. The first-order chi connectivity index (χ1) is 10.5. The Labute approximate surface area is 128 Å². The lowest BCUT2D eigenvalue weighted by Gasteiger charge is -2.04. The molecule has 0 radical (unpaired) electrons. The predicted molar refractivity (Wildman–Crippen MR) is 76.6 cm³/mol. The summed E-state index contributed by atoms with van der Waals surface area (Å²) in [5.74, 6) is -2.29. The van der Waals surface area contributed by atoms with Crippen LogP contribution in [-0.2, 0) is 4.79 Å². The largest absolute Gasteiger partial charge is 0.419 e. The van der Waals surface area contributed by atoms with Gasteiger partial charge in [0.1, 0.15) is 5.82 Å². The van der Waals surface area contributed by atoms with Gasteiger partial charge in [-0.25, -0.2) is 4.39 Å². The van der Waals surface area contributed by atoms with Gasteiger partial charge in [-0.1, -0.05) is 6.07 Å². The number of hydrogen-bond acceptors (Lipinski definition) is 6. The fourth-order valence-electron chi connectivity index (χ4n) is 1.67. The first-order valence-electron chi connectivity index (χ1n) is 6.18. The normalized spacial score (nSPS) is 10.2. The molecule has 2 aromatic rings. The minimum atomic E-state index is -0.835. The Bertz CT molecular complexity index is 714. The van der Waals surface area contributed by atoms with Crippen LogP contribution in [0.2, 0.25) is 0 Å². The van der Waals surface area contributed by atoms with Crippen molar-refractivity contribution in [2.24, 2.45) is 0 Å². The topological polar surface area (TPSA) is 86.5 Å². The van der Waals surface area contributed by atoms with Crippen LogP contribution in [0.15, 0.2) is 35.7 Å². The fraction of sp³-hybridized carbons (Fsp3) is 0.143. The Morgan fingerprint density at radius 3 is 2.68 bits per heavy atom. The van der Waals surface area contributed by atoms with E-state index in [1.165, 1.54) is 11.3 Å². The van der Waals surface area contributed by atoms with Crippen molar-refractivity contribution in [1.82, 2.24) is 0 Å². The molecule has 0 aliphatic carbocycles. The summed E-state index contributed by atoms with van der Waals surface area (Å²) in [6, 6.07) is 5.92. The predicted octanol–water partition coefficient (Wildman–Crippen LogP) is 3.36. The molecule has 1 aromatic carbocycles. The highest BCUT2D eigenvalue weighted by Crippen LogP contribution is 2.28. The zero-order valence-corrected chi connectivity index (χ0v) is 12.0. The average molecular weight is 323 g/mol. The van der Waals surface area contributed by atoms with Gasteiger partial charge in [0.2, 0.25) is 5.75 Å².